The highest BCUT2D eigenvalue weighted by atomic mass is 19.1. The van der Waals surface area contributed by atoms with Crippen LogP contribution in [0.3, 0.4) is 0 Å². The van der Waals surface area contributed by atoms with Gasteiger partial charge in [-0.3, -0.25) is 0 Å². The van der Waals surface area contributed by atoms with E-state index in [1.807, 2.05) is 12.1 Å². The maximum Gasteiger partial charge on any atom is 0.335 e. The molecule has 22 heteroatoms. The van der Waals surface area contributed by atoms with Crippen LogP contribution in [-0.4, -0.2) is 78.7 Å². The van der Waals surface area contributed by atoms with Gasteiger partial charge in [0.25, 0.3) is 0 Å². The van der Waals surface area contributed by atoms with Crippen molar-refractivity contribution in [1.82, 2.24) is 29.1 Å². The molecule has 16 nitrogen and oxygen atoms in total. The lowest BCUT2D eigenvalue weighted by Gasteiger charge is -2.12. The molecule has 0 aliphatic heterocycles. The molecular weight excluding hydrogens is 1100 g/mol. The molecule has 0 unspecified atom stereocenters. The number of halogens is 6. The molecule has 0 aliphatic carbocycles. The van der Waals surface area contributed by atoms with Crippen LogP contribution in [0.15, 0.2) is 133 Å². The number of benzene rings is 6. The number of carbonyl (C=O) groups is 2. The molecule has 0 aliphatic rings. The highest BCUT2D eigenvalue weighted by molar-refractivity contribution is 5.93. The van der Waals surface area contributed by atoms with E-state index in [0.29, 0.717) is 11.1 Å². The monoisotopic (exact) mass is 1140 g/mol. The summed E-state index contributed by atoms with van der Waals surface area (Å²) < 4.78 is 116. The van der Waals surface area contributed by atoms with Crippen LogP contribution in [0, 0.1) is 57.6 Å². The molecule has 0 spiro atoms. The van der Waals surface area contributed by atoms with E-state index < -0.39 is 46.8 Å². The summed E-state index contributed by atoms with van der Waals surface area (Å²) in [7, 11) is 2.94. The lowest BCUT2D eigenvalue weighted by atomic mass is 10.0. The van der Waals surface area contributed by atoms with Crippen molar-refractivity contribution in [2.45, 2.75) is 39.1 Å². The number of rotatable bonds is 20. The largest absolute Gasteiger partial charge is 0.478 e. The van der Waals surface area contributed by atoms with Crippen LogP contribution >= 0.6 is 0 Å². The maximum atomic E-state index is 15.4. The zero-order chi connectivity index (χ0) is 59.6. The summed E-state index contributed by atoms with van der Waals surface area (Å²) in [5.41, 5.74) is 2.48. The number of methoxy groups -OCH3 is 2. The Bertz CT molecular complexity index is 3930. The SMILES string of the molecule is COCCn1c(Cc2cc(F)c(-c3cccc(OCc4ccc(C#N)cc4)n3)cc2F)nc2c(F)cc(C(=O)O)cc21.COCCn1c(Cc2cc(F)c(-c3cccc(OCc4ccc(C#N)cc4)n3)cc2F)nc2c(F)cc(C(=O)O)cc21. The first-order valence-electron chi connectivity index (χ1n) is 25.5. The first kappa shape index (κ1) is 58.2. The number of fused-ring (bicyclic) bond motifs is 2. The van der Waals surface area contributed by atoms with Crippen molar-refractivity contribution in [3.63, 3.8) is 0 Å². The van der Waals surface area contributed by atoms with Gasteiger partial charge in [-0.1, -0.05) is 36.4 Å². The second-order valence-electron chi connectivity index (χ2n) is 18.7. The number of aromatic carboxylic acids is 2. The Morgan fingerprint density at radius 2 is 0.893 bits per heavy atom. The summed E-state index contributed by atoms with van der Waals surface area (Å²) >= 11 is 0. The van der Waals surface area contributed by atoms with Crippen LogP contribution in [0.5, 0.6) is 11.8 Å². The minimum absolute atomic E-state index is 0.0303. The number of ether oxygens (including phenoxy) is 4. The molecule has 0 atom stereocenters. The molecule has 0 saturated heterocycles. The first-order valence-corrected chi connectivity index (χ1v) is 25.5. The van der Waals surface area contributed by atoms with Gasteiger partial charge in [0.15, 0.2) is 11.6 Å². The minimum atomic E-state index is -1.31. The normalized spacial score (nSPS) is 11.0. The number of imidazole rings is 2. The third-order valence-corrected chi connectivity index (χ3v) is 13.2. The Kier molecular flexibility index (Phi) is 18.0. The molecule has 10 rings (SSSR count). The first-order chi connectivity index (χ1) is 40.5. The molecule has 0 radical (unpaired) electrons. The predicted octanol–water partition coefficient (Wildman–Crippen LogP) is 11.8. The number of pyridine rings is 2. The molecular formula is C62H46F6N8O8. The van der Waals surface area contributed by atoms with Crippen LogP contribution in [-0.2, 0) is 48.6 Å². The molecule has 4 heterocycles. The van der Waals surface area contributed by atoms with E-state index in [4.69, 9.17) is 29.5 Å². The Morgan fingerprint density at radius 1 is 0.500 bits per heavy atom. The van der Waals surface area contributed by atoms with E-state index in [-0.39, 0.29) is 143 Å². The molecule has 0 fully saturated rings. The molecule has 2 N–H and O–H groups in total. The van der Waals surface area contributed by atoms with Crippen LogP contribution in [0.1, 0.15) is 65.7 Å². The van der Waals surface area contributed by atoms with Gasteiger partial charge in [-0.2, -0.15) is 10.5 Å². The Balaban J connectivity index is 0.000000202. The van der Waals surface area contributed by atoms with E-state index in [1.54, 1.807) is 72.8 Å². The molecule has 0 bridgehead atoms. The van der Waals surface area contributed by atoms with Gasteiger partial charge in [0, 0.05) is 63.4 Å². The maximum absolute atomic E-state index is 15.4. The summed E-state index contributed by atoms with van der Waals surface area (Å²) in [6.07, 6.45) is -0.380. The second-order valence-corrected chi connectivity index (χ2v) is 18.7. The van der Waals surface area contributed by atoms with E-state index in [0.717, 1.165) is 47.5 Å². The van der Waals surface area contributed by atoms with E-state index in [1.165, 1.54) is 47.6 Å². The topological polar surface area (TPSA) is 221 Å². The summed E-state index contributed by atoms with van der Waals surface area (Å²) in [5.74, 6) is -6.38. The van der Waals surface area contributed by atoms with Crippen molar-refractivity contribution < 1.29 is 65.1 Å². The summed E-state index contributed by atoms with van der Waals surface area (Å²) in [6, 6.07) is 35.6. The number of carboxylic acid groups (broad SMARTS) is 2. The third kappa shape index (κ3) is 13.3. The van der Waals surface area contributed by atoms with Gasteiger partial charge >= 0.3 is 11.9 Å². The average Bonchev–Trinajstić information content (AvgIpc) is 4.27. The number of hydrogen-bond acceptors (Lipinski definition) is 12. The molecule has 424 valence electrons. The minimum Gasteiger partial charge on any atom is -0.478 e. The van der Waals surface area contributed by atoms with Crippen molar-refractivity contribution in [2.75, 3.05) is 27.4 Å². The van der Waals surface area contributed by atoms with Gasteiger partial charge in [0.2, 0.25) is 11.8 Å². The van der Waals surface area contributed by atoms with Crippen molar-refractivity contribution in [1.29, 1.82) is 10.5 Å². The van der Waals surface area contributed by atoms with Crippen molar-refractivity contribution in [3.05, 3.63) is 225 Å². The van der Waals surface area contributed by atoms with E-state index in [9.17, 15) is 28.6 Å². The molecule has 4 aromatic heterocycles. The Morgan fingerprint density at radius 3 is 1.25 bits per heavy atom. The average molecular weight is 1150 g/mol. The lowest BCUT2D eigenvalue weighted by Crippen LogP contribution is -2.10. The fourth-order valence-electron chi connectivity index (χ4n) is 8.98. The Hall–Kier alpha value is -10.4. The van der Waals surface area contributed by atoms with Gasteiger partial charge < -0.3 is 38.3 Å². The number of carboxylic acids is 2. The fourth-order valence-corrected chi connectivity index (χ4v) is 8.98. The van der Waals surface area contributed by atoms with Crippen LogP contribution in [0.4, 0.5) is 26.3 Å². The Labute approximate surface area is 474 Å². The number of aromatic nitrogens is 6. The third-order valence-electron chi connectivity index (χ3n) is 13.2. The zero-order valence-corrected chi connectivity index (χ0v) is 44.5. The number of nitriles is 2. The van der Waals surface area contributed by atoms with Crippen LogP contribution in [0.2, 0.25) is 0 Å². The summed E-state index contributed by atoms with van der Waals surface area (Å²) in [6.45, 7) is 1.09. The number of nitrogens with zero attached hydrogens (tertiary/aromatic N) is 8. The smallest absolute Gasteiger partial charge is 0.335 e. The van der Waals surface area contributed by atoms with Crippen molar-refractivity contribution in [2.24, 2.45) is 0 Å². The van der Waals surface area contributed by atoms with Gasteiger partial charge in [-0.05, 0) is 107 Å². The standard InChI is InChI=1S/2C31H23F3N4O4/c2*1-41-10-9-38-27-13-21(31(39)40)12-25(34)30(27)37-28(38)14-20-11-24(33)22(15-23(20)32)26-3-2-4-29(36-26)42-17-19-7-5-18(16-35)6-8-19/h2*2-8,11-13,15H,9-10,14,17H2,1H3,(H,39,40). The second kappa shape index (κ2) is 26.0. The highest BCUT2D eigenvalue weighted by Crippen LogP contribution is 2.32. The van der Waals surface area contributed by atoms with Gasteiger partial charge in [0.1, 0.15) is 59.2 Å². The van der Waals surface area contributed by atoms with Crippen molar-refractivity contribution in [3.8, 4) is 46.4 Å². The number of hydrogen-bond donors (Lipinski definition) is 2. The van der Waals surface area contributed by atoms with E-state index in [2.05, 4.69) is 19.9 Å². The molecule has 10 aromatic rings. The molecule has 84 heavy (non-hydrogen) atoms. The molecule has 6 aromatic carbocycles. The molecule has 0 saturated carbocycles. The van der Waals surface area contributed by atoms with Crippen LogP contribution in [0.25, 0.3) is 44.6 Å². The highest BCUT2D eigenvalue weighted by Gasteiger charge is 2.23. The van der Waals surface area contributed by atoms with Gasteiger partial charge in [-0.15, -0.1) is 0 Å². The zero-order valence-electron chi connectivity index (χ0n) is 44.5. The van der Waals surface area contributed by atoms with Gasteiger partial charge in [-0.25, -0.2) is 55.9 Å². The fraction of sp³-hybridized carbons (Fsp3) is 0.161. The predicted molar refractivity (Wildman–Crippen MR) is 293 cm³/mol. The molecule has 0 amide bonds. The van der Waals surface area contributed by atoms with Crippen molar-refractivity contribution >= 4 is 34.0 Å². The van der Waals surface area contributed by atoms with Crippen LogP contribution < -0.4 is 9.47 Å². The summed E-state index contributed by atoms with van der Waals surface area (Å²) in [5, 5.41) is 36.5. The lowest BCUT2D eigenvalue weighted by molar-refractivity contribution is 0.0686. The van der Waals surface area contributed by atoms with E-state index >= 15 is 17.6 Å². The quantitative estimate of drug-likeness (QED) is 0.0678. The van der Waals surface area contributed by atoms with Gasteiger partial charge in [0.05, 0.1) is 70.0 Å². The summed E-state index contributed by atoms with van der Waals surface area (Å²) in [4.78, 5) is 40.1.